The Morgan fingerprint density at radius 1 is 1.48 bits per heavy atom. The Labute approximate surface area is 125 Å². The molecule has 2 aromatic rings. The molecule has 1 atom stereocenters. The molecule has 0 saturated carbocycles. The lowest BCUT2D eigenvalue weighted by atomic mass is 10.1. The minimum absolute atomic E-state index is 0.0560. The highest BCUT2D eigenvalue weighted by Gasteiger charge is 2.29. The molecule has 0 aromatic carbocycles. The van der Waals surface area contributed by atoms with Gasteiger partial charge in [0, 0.05) is 6.42 Å². The fraction of sp³-hybridized carbons (Fsp3) is 0.455. The van der Waals surface area contributed by atoms with E-state index in [1.807, 2.05) is 0 Å². The molecule has 0 radical (unpaired) electrons. The summed E-state index contributed by atoms with van der Waals surface area (Å²) < 4.78 is 22.7. The monoisotopic (exact) mass is 329 g/mol. The van der Waals surface area contributed by atoms with Gasteiger partial charge in [-0.3, -0.25) is 10.1 Å². The lowest BCUT2D eigenvalue weighted by Gasteiger charge is -2.07. The van der Waals surface area contributed by atoms with Crippen molar-refractivity contribution in [3.63, 3.8) is 0 Å². The van der Waals surface area contributed by atoms with Crippen LogP contribution in [0.5, 0.6) is 0 Å². The lowest BCUT2D eigenvalue weighted by Crippen LogP contribution is -2.18. The first-order valence-corrected chi connectivity index (χ1v) is 8.50. The molecule has 8 nitrogen and oxygen atoms in total. The van der Waals surface area contributed by atoms with Crippen molar-refractivity contribution >= 4 is 44.5 Å². The third kappa shape index (κ3) is 3.13. The SMILES string of the molecule is O=C(CC1CCS(=O)(=O)C1)Nc1nc(Cl)c2[nH]cnc2n1. The van der Waals surface area contributed by atoms with Crippen LogP contribution < -0.4 is 5.32 Å². The van der Waals surface area contributed by atoms with Crippen molar-refractivity contribution in [2.45, 2.75) is 12.8 Å². The molecule has 1 saturated heterocycles. The van der Waals surface area contributed by atoms with Crippen molar-refractivity contribution in [3.05, 3.63) is 11.5 Å². The number of hydrogen-bond donors (Lipinski definition) is 2. The fourth-order valence-electron chi connectivity index (χ4n) is 2.32. The Morgan fingerprint density at radius 2 is 2.29 bits per heavy atom. The molecule has 1 fully saturated rings. The van der Waals surface area contributed by atoms with Crippen LogP contribution in [-0.4, -0.2) is 45.8 Å². The highest BCUT2D eigenvalue weighted by Crippen LogP contribution is 2.22. The van der Waals surface area contributed by atoms with Gasteiger partial charge in [0.1, 0.15) is 5.52 Å². The van der Waals surface area contributed by atoms with E-state index < -0.39 is 9.84 Å². The van der Waals surface area contributed by atoms with Crippen LogP contribution >= 0.6 is 11.6 Å². The highest BCUT2D eigenvalue weighted by molar-refractivity contribution is 7.91. The second-order valence-corrected chi connectivity index (χ2v) is 7.55. The van der Waals surface area contributed by atoms with Crippen LogP contribution in [0.25, 0.3) is 11.2 Å². The van der Waals surface area contributed by atoms with E-state index in [4.69, 9.17) is 11.6 Å². The topological polar surface area (TPSA) is 118 Å². The number of rotatable bonds is 3. The lowest BCUT2D eigenvalue weighted by molar-refractivity contribution is -0.116. The normalized spacial score (nSPS) is 20.7. The van der Waals surface area contributed by atoms with Crippen LogP contribution in [0.3, 0.4) is 0 Å². The van der Waals surface area contributed by atoms with Crippen molar-refractivity contribution < 1.29 is 13.2 Å². The van der Waals surface area contributed by atoms with Gasteiger partial charge in [-0.1, -0.05) is 11.6 Å². The maximum Gasteiger partial charge on any atom is 0.233 e. The Hall–Kier alpha value is -1.74. The number of aromatic amines is 1. The predicted molar refractivity (Wildman–Crippen MR) is 76.7 cm³/mol. The maximum absolute atomic E-state index is 11.9. The van der Waals surface area contributed by atoms with Crippen LogP contribution in [0.2, 0.25) is 5.15 Å². The average Bonchev–Trinajstić information content (AvgIpc) is 2.96. The van der Waals surface area contributed by atoms with Crippen molar-refractivity contribution in [1.82, 2.24) is 19.9 Å². The predicted octanol–water partition coefficient (Wildman–Crippen LogP) is 0.770. The third-order valence-corrected chi connectivity index (χ3v) is 5.40. The zero-order valence-corrected chi connectivity index (χ0v) is 12.4. The molecule has 1 aliphatic heterocycles. The summed E-state index contributed by atoms with van der Waals surface area (Å²) in [6.45, 7) is 0. The van der Waals surface area contributed by atoms with Gasteiger partial charge in [0.25, 0.3) is 0 Å². The number of aromatic nitrogens is 4. The summed E-state index contributed by atoms with van der Waals surface area (Å²) in [5.41, 5.74) is 0.852. The largest absolute Gasteiger partial charge is 0.341 e. The van der Waals surface area contributed by atoms with Crippen molar-refractivity contribution in [2.75, 3.05) is 16.8 Å². The highest BCUT2D eigenvalue weighted by atomic mass is 35.5. The molecule has 2 N–H and O–H groups in total. The van der Waals surface area contributed by atoms with Crippen molar-refractivity contribution in [1.29, 1.82) is 0 Å². The summed E-state index contributed by atoms with van der Waals surface area (Å²) in [6.07, 6.45) is 2.06. The number of carbonyl (C=O) groups is 1. The van der Waals surface area contributed by atoms with Gasteiger partial charge in [0.15, 0.2) is 20.6 Å². The molecule has 1 amide bonds. The molecular formula is C11H12ClN5O3S. The van der Waals surface area contributed by atoms with Gasteiger partial charge in [0.05, 0.1) is 17.8 Å². The van der Waals surface area contributed by atoms with Gasteiger partial charge in [-0.25, -0.2) is 13.4 Å². The summed E-state index contributed by atoms with van der Waals surface area (Å²) in [5.74, 6) is -0.222. The molecule has 112 valence electrons. The Bertz CT molecular complexity index is 803. The minimum atomic E-state index is -2.99. The smallest absolute Gasteiger partial charge is 0.233 e. The van der Waals surface area contributed by atoms with E-state index in [2.05, 4.69) is 25.3 Å². The first-order chi connectivity index (χ1) is 9.93. The van der Waals surface area contributed by atoms with Gasteiger partial charge in [0.2, 0.25) is 11.9 Å². The number of nitrogens with zero attached hydrogens (tertiary/aromatic N) is 3. The van der Waals surface area contributed by atoms with Crippen LogP contribution in [0.4, 0.5) is 5.95 Å². The summed E-state index contributed by atoms with van der Waals surface area (Å²) >= 11 is 5.94. The second kappa shape index (κ2) is 5.23. The molecular weight excluding hydrogens is 318 g/mol. The van der Waals surface area contributed by atoms with Crippen molar-refractivity contribution in [3.8, 4) is 0 Å². The molecule has 0 aliphatic carbocycles. The van der Waals surface area contributed by atoms with Gasteiger partial charge in [-0.2, -0.15) is 9.97 Å². The second-order valence-electron chi connectivity index (χ2n) is 4.96. The average molecular weight is 330 g/mol. The van der Waals surface area contributed by atoms with Crippen molar-refractivity contribution in [2.24, 2.45) is 5.92 Å². The van der Waals surface area contributed by atoms with E-state index in [0.29, 0.717) is 17.6 Å². The number of sulfone groups is 1. The number of hydrogen-bond acceptors (Lipinski definition) is 6. The number of halogens is 1. The van der Waals surface area contributed by atoms with Crippen LogP contribution in [0.1, 0.15) is 12.8 Å². The number of H-pyrrole nitrogens is 1. The first-order valence-electron chi connectivity index (χ1n) is 6.30. The number of fused-ring (bicyclic) bond motifs is 1. The molecule has 0 bridgehead atoms. The summed E-state index contributed by atoms with van der Waals surface area (Å²) in [6, 6.07) is 0. The van der Waals surface area contributed by atoms with E-state index in [1.165, 1.54) is 6.33 Å². The number of anilines is 1. The molecule has 3 rings (SSSR count). The van der Waals surface area contributed by atoms with Gasteiger partial charge in [-0.15, -0.1) is 0 Å². The molecule has 21 heavy (non-hydrogen) atoms. The summed E-state index contributed by atoms with van der Waals surface area (Å²) in [4.78, 5) is 26.6. The van der Waals surface area contributed by atoms with Gasteiger partial charge >= 0.3 is 0 Å². The number of carbonyl (C=O) groups excluding carboxylic acids is 1. The summed E-state index contributed by atoms with van der Waals surface area (Å²) in [7, 11) is -2.99. The number of nitrogens with one attached hydrogen (secondary N) is 2. The first kappa shape index (κ1) is 14.2. The van der Waals surface area contributed by atoms with E-state index >= 15 is 0 Å². The Kier molecular flexibility index (Phi) is 3.54. The van der Waals surface area contributed by atoms with E-state index in [1.54, 1.807) is 0 Å². The Balaban J connectivity index is 1.69. The Morgan fingerprint density at radius 3 is 3.00 bits per heavy atom. The maximum atomic E-state index is 11.9. The summed E-state index contributed by atoms with van der Waals surface area (Å²) in [5, 5.41) is 2.69. The zero-order valence-electron chi connectivity index (χ0n) is 10.8. The van der Waals surface area contributed by atoms with Gasteiger partial charge in [-0.05, 0) is 12.3 Å². The molecule has 3 heterocycles. The third-order valence-electron chi connectivity index (χ3n) is 3.29. The molecule has 0 spiro atoms. The van der Waals surface area contributed by atoms with Crippen LogP contribution in [0.15, 0.2) is 6.33 Å². The molecule has 10 heteroatoms. The number of imidazole rings is 1. The quantitative estimate of drug-likeness (QED) is 0.803. The standard InChI is InChI=1S/C11H12ClN5O3S/c12-9-8-10(14-5-13-8)17-11(16-9)15-7(18)3-6-1-2-21(19,20)4-6/h5-6H,1-4H2,(H2,13,14,15,16,17,18). The van der Waals surface area contributed by atoms with Crippen LogP contribution in [-0.2, 0) is 14.6 Å². The number of amides is 1. The van der Waals surface area contributed by atoms with E-state index in [9.17, 15) is 13.2 Å². The van der Waals surface area contributed by atoms with E-state index in [-0.39, 0.29) is 40.9 Å². The minimum Gasteiger partial charge on any atom is -0.341 e. The molecule has 1 unspecified atom stereocenters. The van der Waals surface area contributed by atoms with E-state index in [0.717, 1.165) is 0 Å². The fourth-order valence-corrected chi connectivity index (χ4v) is 4.41. The zero-order chi connectivity index (χ0) is 15.0. The molecule has 2 aromatic heterocycles. The van der Waals surface area contributed by atoms with Gasteiger partial charge < -0.3 is 4.98 Å². The van der Waals surface area contributed by atoms with Crippen LogP contribution in [0, 0.1) is 5.92 Å². The molecule has 1 aliphatic rings.